The molecule has 30 heavy (non-hydrogen) atoms. The Kier molecular flexibility index (Phi) is 5.76. The van der Waals surface area contributed by atoms with Crippen LogP contribution in [0.4, 0.5) is 0 Å². The van der Waals surface area contributed by atoms with Gasteiger partial charge < -0.3 is 4.57 Å². The molecule has 1 atom stereocenters. The molecule has 0 N–H and O–H groups in total. The first-order valence-corrected chi connectivity index (χ1v) is 11.0. The maximum absolute atomic E-state index is 5.07. The number of fused-ring (bicyclic) bond motifs is 1. The number of benzene rings is 3. The van der Waals surface area contributed by atoms with Crippen LogP contribution in [0.3, 0.4) is 0 Å². The van der Waals surface area contributed by atoms with E-state index in [2.05, 4.69) is 106 Å². The summed E-state index contributed by atoms with van der Waals surface area (Å²) in [5.74, 6) is 2.04. The van der Waals surface area contributed by atoms with Gasteiger partial charge in [-0.25, -0.2) is 4.98 Å². The zero-order valence-electron chi connectivity index (χ0n) is 18.8. The monoisotopic (exact) mass is 396 g/mol. The van der Waals surface area contributed by atoms with E-state index in [1.807, 2.05) is 0 Å². The summed E-state index contributed by atoms with van der Waals surface area (Å²) in [5.41, 5.74) is 8.99. The lowest BCUT2D eigenvalue weighted by Crippen LogP contribution is -2.10. The molecule has 2 nitrogen and oxygen atoms in total. The lowest BCUT2D eigenvalue weighted by atomic mass is 9.96. The molecule has 4 rings (SSSR count). The van der Waals surface area contributed by atoms with Crippen LogP contribution >= 0.6 is 0 Å². The van der Waals surface area contributed by atoms with E-state index in [1.165, 1.54) is 33.3 Å². The second-order valence-electron chi connectivity index (χ2n) is 9.04. The van der Waals surface area contributed by atoms with Crippen molar-refractivity contribution in [1.29, 1.82) is 0 Å². The Morgan fingerprint density at radius 1 is 0.867 bits per heavy atom. The highest BCUT2D eigenvalue weighted by molar-refractivity contribution is 5.76. The quantitative estimate of drug-likeness (QED) is 0.341. The van der Waals surface area contributed by atoms with Crippen LogP contribution in [0.2, 0.25) is 0 Å². The summed E-state index contributed by atoms with van der Waals surface area (Å²) in [7, 11) is 0. The maximum Gasteiger partial charge on any atom is 0.117 e. The van der Waals surface area contributed by atoms with E-state index in [-0.39, 0.29) is 5.92 Å². The first-order valence-electron chi connectivity index (χ1n) is 11.0. The van der Waals surface area contributed by atoms with Crippen LogP contribution in [0.5, 0.6) is 0 Å². The number of aryl methyl sites for hydroxylation is 2. The van der Waals surface area contributed by atoms with E-state index in [0.29, 0.717) is 5.92 Å². The molecule has 0 aliphatic rings. The molecule has 0 radical (unpaired) electrons. The first kappa shape index (κ1) is 20.4. The third-order valence-corrected chi connectivity index (χ3v) is 6.03. The molecule has 1 aromatic heterocycles. The average Bonchev–Trinajstić information content (AvgIpc) is 3.09. The number of rotatable bonds is 6. The van der Waals surface area contributed by atoms with Crippen molar-refractivity contribution in [3.63, 3.8) is 0 Å². The highest BCUT2D eigenvalue weighted by Crippen LogP contribution is 2.29. The van der Waals surface area contributed by atoms with Crippen LogP contribution in [0.15, 0.2) is 66.7 Å². The van der Waals surface area contributed by atoms with Crippen molar-refractivity contribution in [2.24, 2.45) is 5.92 Å². The minimum absolute atomic E-state index is 0.232. The summed E-state index contributed by atoms with van der Waals surface area (Å²) < 4.78 is 2.41. The summed E-state index contributed by atoms with van der Waals surface area (Å²) in [5, 5.41) is 0. The van der Waals surface area contributed by atoms with Gasteiger partial charge in [-0.15, -0.1) is 0 Å². The van der Waals surface area contributed by atoms with Crippen LogP contribution in [0.1, 0.15) is 60.3 Å². The molecule has 0 spiro atoms. The van der Waals surface area contributed by atoms with Crippen molar-refractivity contribution in [2.75, 3.05) is 0 Å². The van der Waals surface area contributed by atoms with Crippen LogP contribution in [0.25, 0.3) is 11.0 Å². The fraction of sp³-hybridized carbons (Fsp3) is 0.321. The van der Waals surface area contributed by atoms with Crippen molar-refractivity contribution < 1.29 is 0 Å². The minimum Gasteiger partial charge on any atom is -0.323 e. The van der Waals surface area contributed by atoms with E-state index in [9.17, 15) is 0 Å². The van der Waals surface area contributed by atoms with Gasteiger partial charge >= 0.3 is 0 Å². The number of imidazole rings is 1. The summed E-state index contributed by atoms with van der Waals surface area (Å²) in [4.78, 5) is 5.07. The van der Waals surface area contributed by atoms with Gasteiger partial charge in [-0.05, 0) is 60.6 Å². The number of hydrogen-bond donors (Lipinski definition) is 0. The van der Waals surface area contributed by atoms with Gasteiger partial charge in [0.25, 0.3) is 0 Å². The second kappa shape index (κ2) is 8.47. The first-order chi connectivity index (χ1) is 14.4. The molecule has 1 heterocycles. The van der Waals surface area contributed by atoms with Crippen molar-refractivity contribution >= 4 is 11.0 Å². The number of aromatic nitrogens is 2. The van der Waals surface area contributed by atoms with Crippen LogP contribution in [0, 0.1) is 19.8 Å². The molecule has 0 aliphatic carbocycles. The minimum atomic E-state index is 0.232. The Morgan fingerprint density at radius 2 is 1.60 bits per heavy atom. The van der Waals surface area contributed by atoms with E-state index in [1.54, 1.807) is 0 Å². The summed E-state index contributed by atoms with van der Waals surface area (Å²) >= 11 is 0. The predicted molar refractivity (Wildman–Crippen MR) is 127 cm³/mol. The Balaban J connectivity index is 1.75. The summed E-state index contributed by atoms with van der Waals surface area (Å²) in [6, 6.07) is 24.3. The zero-order chi connectivity index (χ0) is 21.3. The van der Waals surface area contributed by atoms with E-state index >= 15 is 0 Å². The smallest absolute Gasteiger partial charge is 0.117 e. The Bertz CT molecular complexity index is 1150. The third-order valence-electron chi connectivity index (χ3n) is 6.03. The summed E-state index contributed by atoms with van der Waals surface area (Å²) in [6.07, 6.45) is 1.12. The molecule has 0 aliphatic heterocycles. The fourth-order valence-electron chi connectivity index (χ4n) is 4.29. The Morgan fingerprint density at radius 3 is 2.33 bits per heavy atom. The van der Waals surface area contributed by atoms with E-state index in [0.717, 1.165) is 24.3 Å². The van der Waals surface area contributed by atoms with Crippen molar-refractivity contribution in [2.45, 2.75) is 53.5 Å². The van der Waals surface area contributed by atoms with E-state index < -0.39 is 0 Å². The standard InChI is InChI=1S/C28H32N2/c1-19(2)16-23-12-14-24(15-13-23)22(5)28-29-26-8-6-7-9-27(26)30(28)18-25-17-20(3)10-11-21(25)4/h6-15,17,19,22H,16,18H2,1-5H3/t22-/m0/s1. The fourth-order valence-corrected chi connectivity index (χ4v) is 4.29. The van der Waals surface area contributed by atoms with Gasteiger partial charge in [-0.1, -0.05) is 80.9 Å². The predicted octanol–water partition coefficient (Wildman–Crippen LogP) is 7.05. The maximum atomic E-state index is 5.07. The normalized spacial score (nSPS) is 12.6. The van der Waals surface area contributed by atoms with Crippen molar-refractivity contribution in [3.8, 4) is 0 Å². The molecular weight excluding hydrogens is 364 g/mol. The Hall–Kier alpha value is -2.87. The van der Waals surface area contributed by atoms with Gasteiger partial charge in [0.1, 0.15) is 5.82 Å². The zero-order valence-corrected chi connectivity index (χ0v) is 18.8. The largest absolute Gasteiger partial charge is 0.323 e. The van der Waals surface area contributed by atoms with E-state index in [4.69, 9.17) is 4.98 Å². The lowest BCUT2D eigenvalue weighted by Gasteiger charge is -2.17. The molecule has 0 saturated carbocycles. The topological polar surface area (TPSA) is 17.8 Å². The van der Waals surface area contributed by atoms with Crippen molar-refractivity contribution in [3.05, 3.63) is 100 Å². The van der Waals surface area contributed by atoms with Crippen LogP contribution in [-0.2, 0) is 13.0 Å². The molecule has 0 saturated heterocycles. The second-order valence-corrected chi connectivity index (χ2v) is 9.04. The third kappa shape index (κ3) is 4.18. The Labute approximate surface area is 180 Å². The average molecular weight is 397 g/mol. The van der Waals surface area contributed by atoms with Gasteiger partial charge in [-0.3, -0.25) is 0 Å². The molecule has 0 unspecified atom stereocenters. The van der Waals surface area contributed by atoms with Crippen LogP contribution in [-0.4, -0.2) is 9.55 Å². The lowest BCUT2D eigenvalue weighted by molar-refractivity contribution is 0.646. The molecule has 0 amide bonds. The van der Waals surface area contributed by atoms with Gasteiger partial charge in [0, 0.05) is 12.5 Å². The highest BCUT2D eigenvalue weighted by atomic mass is 15.1. The molecule has 154 valence electrons. The van der Waals surface area contributed by atoms with Crippen molar-refractivity contribution in [1.82, 2.24) is 9.55 Å². The number of para-hydroxylation sites is 2. The van der Waals surface area contributed by atoms with Gasteiger partial charge in [-0.2, -0.15) is 0 Å². The highest BCUT2D eigenvalue weighted by Gasteiger charge is 2.19. The van der Waals surface area contributed by atoms with Gasteiger partial charge in [0.05, 0.1) is 11.0 Å². The SMILES string of the molecule is Cc1ccc(C)c(Cn2c([C@@H](C)c3ccc(CC(C)C)cc3)nc3ccccc32)c1. The van der Waals surface area contributed by atoms with Gasteiger partial charge in [0.2, 0.25) is 0 Å². The molecule has 0 fully saturated rings. The van der Waals surface area contributed by atoms with Crippen LogP contribution < -0.4 is 0 Å². The molecule has 3 aromatic carbocycles. The molecule has 2 heteroatoms. The molecular formula is C28H32N2. The number of hydrogen-bond acceptors (Lipinski definition) is 1. The summed E-state index contributed by atoms with van der Waals surface area (Å²) in [6.45, 7) is 12.0. The molecule has 0 bridgehead atoms. The number of nitrogens with zero attached hydrogens (tertiary/aromatic N) is 2. The molecule has 4 aromatic rings. The van der Waals surface area contributed by atoms with Gasteiger partial charge in [0.15, 0.2) is 0 Å².